The largest absolute Gasteiger partial charge is 0.497 e. The van der Waals surface area contributed by atoms with Crippen LogP contribution in [0.4, 0.5) is 8.78 Å². The molecule has 2 N–H and O–H groups in total. The Hall–Kier alpha value is -2.96. The van der Waals surface area contributed by atoms with Crippen molar-refractivity contribution in [1.82, 2.24) is 5.32 Å². The highest BCUT2D eigenvalue weighted by molar-refractivity contribution is 5.95. The average Bonchev–Trinajstić information content (AvgIpc) is 2.61. The number of halogens is 2. The molecule has 138 valence electrons. The van der Waals surface area contributed by atoms with Gasteiger partial charge in [-0.25, -0.2) is 8.78 Å². The molecule has 0 aliphatic heterocycles. The third-order valence-electron chi connectivity index (χ3n) is 4.00. The van der Waals surface area contributed by atoms with E-state index in [-0.39, 0.29) is 17.5 Å². The molecule has 0 saturated heterocycles. The zero-order valence-corrected chi connectivity index (χ0v) is 14.3. The molecule has 0 saturated carbocycles. The molecular weight excluding hydrogens is 344 g/mol. The highest BCUT2D eigenvalue weighted by Gasteiger charge is 2.32. The maximum Gasteiger partial charge on any atom is 0.306 e. The summed E-state index contributed by atoms with van der Waals surface area (Å²) in [6.07, 6.45) is -3.09. The Morgan fingerprint density at radius 3 is 2.50 bits per heavy atom. The predicted octanol–water partition coefficient (Wildman–Crippen LogP) is 3.75. The lowest BCUT2D eigenvalue weighted by Crippen LogP contribution is -2.45. The third-order valence-corrected chi connectivity index (χ3v) is 4.00. The molecule has 0 bridgehead atoms. The number of alkyl halides is 2. The molecule has 0 spiro atoms. The van der Waals surface area contributed by atoms with E-state index in [1.54, 1.807) is 31.2 Å². The number of ether oxygens (including phenoxy) is 1. The van der Waals surface area contributed by atoms with E-state index >= 15 is 0 Å². The lowest BCUT2D eigenvalue weighted by atomic mass is 9.88. The van der Waals surface area contributed by atoms with Crippen molar-refractivity contribution in [3.8, 4) is 5.75 Å². The number of hydrogen-bond donors (Lipinski definition) is 2. The Labute approximate surface area is 149 Å². The fraction of sp³-hybridized carbons (Fsp3) is 0.263. The standard InChI is InChI=1S/C19H19F2NO4/c1-19(11-16(23)24,14-7-4-8-15(10-14)26-2)22-18(25)13-6-3-5-12(9-13)17(20)21/h3-10,17H,11H2,1-2H3,(H,22,25)(H,23,24). The molecule has 1 amide bonds. The van der Waals surface area contributed by atoms with Gasteiger partial charge >= 0.3 is 5.97 Å². The van der Waals surface area contributed by atoms with Gasteiger partial charge in [0, 0.05) is 11.1 Å². The SMILES string of the molecule is COc1cccc(C(C)(CC(=O)O)NC(=O)c2cccc(C(F)F)c2)c1. The fourth-order valence-corrected chi connectivity index (χ4v) is 2.63. The molecule has 2 rings (SSSR count). The van der Waals surface area contributed by atoms with Crippen LogP contribution in [-0.4, -0.2) is 24.1 Å². The van der Waals surface area contributed by atoms with Crippen molar-refractivity contribution in [3.63, 3.8) is 0 Å². The van der Waals surface area contributed by atoms with Crippen LogP contribution in [-0.2, 0) is 10.3 Å². The van der Waals surface area contributed by atoms with Gasteiger partial charge in [-0.3, -0.25) is 9.59 Å². The van der Waals surface area contributed by atoms with Crippen LogP contribution in [0.1, 0.15) is 41.3 Å². The Morgan fingerprint density at radius 2 is 1.88 bits per heavy atom. The lowest BCUT2D eigenvalue weighted by molar-refractivity contribution is -0.138. The number of benzene rings is 2. The monoisotopic (exact) mass is 363 g/mol. The second-order valence-corrected chi connectivity index (χ2v) is 6.01. The topological polar surface area (TPSA) is 75.6 Å². The molecule has 0 aliphatic rings. The quantitative estimate of drug-likeness (QED) is 0.786. The molecule has 0 radical (unpaired) electrons. The smallest absolute Gasteiger partial charge is 0.306 e. The van der Waals surface area contributed by atoms with Crippen molar-refractivity contribution >= 4 is 11.9 Å². The Kier molecular flexibility index (Phi) is 5.92. The van der Waals surface area contributed by atoms with E-state index in [0.29, 0.717) is 11.3 Å². The number of aliphatic carboxylic acids is 1. The van der Waals surface area contributed by atoms with Crippen LogP contribution < -0.4 is 10.1 Å². The van der Waals surface area contributed by atoms with Crippen molar-refractivity contribution in [1.29, 1.82) is 0 Å². The lowest BCUT2D eigenvalue weighted by Gasteiger charge is -2.30. The van der Waals surface area contributed by atoms with E-state index in [2.05, 4.69) is 5.32 Å². The normalized spacial score (nSPS) is 13.1. The van der Waals surface area contributed by atoms with E-state index in [1.807, 2.05) is 0 Å². The van der Waals surface area contributed by atoms with Gasteiger partial charge in [0.2, 0.25) is 0 Å². The van der Waals surface area contributed by atoms with Gasteiger partial charge in [0.05, 0.1) is 19.1 Å². The van der Waals surface area contributed by atoms with Gasteiger partial charge in [-0.05, 0) is 36.8 Å². The number of methoxy groups -OCH3 is 1. The number of carbonyl (C=O) groups is 2. The second kappa shape index (κ2) is 7.95. The Bertz CT molecular complexity index is 810. The minimum Gasteiger partial charge on any atom is -0.497 e. The Balaban J connectivity index is 2.36. The van der Waals surface area contributed by atoms with Gasteiger partial charge in [0.1, 0.15) is 5.75 Å². The molecule has 0 aromatic heterocycles. The molecule has 2 aromatic rings. The van der Waals surface area contributed by atoms with Crippen molar-refractivity contribution < 1.29 is 28.2 Å². The number of nitrogens with one attached hydrogen (secondary N) is 1. The molecule has 1 atom stereocenters. The number of carboxylic acid groups (broad SMARTS) is 1. The maximum absolute atomic E-state index is 12.8. The highest BCUT2D eigenvalue weighted by atomic mass is 19.3. The van der Waals surface area contributed by atoms with Gasteiger partial charge < -0.3 is 15.2 Å². The summed E-state index contributed by atoms with van der Waals surface area (Å²) in [4.78, 5) is 23.9. The zero-order chi connectivity index (χ0) is 19.3. The molecule has 7 heteroatoms. The van der Waals surface area contributed by atoms with E-state index < -0.39 is 23.8 Å². The first-order valence-corrected chi connectivity index (χ1v) is 7.82. The van der Waals surface area contributed by atoms with Crippen LogP contribution in [0, 0.1) is 0 Å². The summed E-state index contributed by atoms with van der Waals surface area (Å²) < 4.78 is 30.8. The molecule has 5 nitrogen and oxygen atoms in total. The van der Waals surface area contributed by atoms with Gasteiger partial charge in [0.15, 0.2) is 0 Å². The summed E-state index contributed by atoms with van der Waals surface area (Å²) in [6, 6.07) is 11.7. The van der Waals surface area contributed by atoms with E-state index in [0.717, 1.165) is 6.07 Å². The summed E-state index contributed by atoms with van der Waals surface area (Å²) in [5.41, 5.74) is -0.975. The van der Waals surface area contributed by atoms with Gasteiger partial charge in [-0.1, -0.05) is 24.3 Å². The number of rotatable bonds is 7. The van der Waals surface area contributed by atoms with Crippen LogP contribution >= 0.6 is 0 Å². The summed E-state index contributed by atoms with van der Waals surface area (Å²) in [5, 5.41) is 11.9. The van der Waals surface area contributed by atoms with Crippen molar-refractivity contribution in [2.75, 3.05) is 7.11 Å². The molecule has 2 aromatic carbocycles. The van der Waals surface area contributed by atoms with Crippen LogP contribution in [0.5, 0.6) is 5.75 Å². The summed E-state index contributed by atoms with van der Waals surface area (Å²) in [5.74, 6) is -1.25. The molecule has 0 aliphatic carbocycles. The van der Waals surface area contributed by atoms with Crippen molar-refractivity contribution in [2.45, 2.75) is 25.3 Å². The maximum atomic E-state index is 12.8. The van der Waals surface area contributed by atoms with E-state index in [1.165, 1.54) is 25.3 Å². The minimum atomic E-state index is -2.70. The number of amides is 1. The summed E-state index contributed by atoms with van der Waals surface area (Å²) in [7, 11) is 1.47. The van der Waals surface area contributed by atoms with Gasteiger partial charge in [-0.2, -0.15) is 0 Å². The number of carbonyl (C=O) groups excluding carboxylic acids is 1. The molecule has 26 heavy (non-hydrogen) atoms. The molecule has 1 unspecified atom stereocenters. The average molecular weight is 363 g/mol. The first-order valence-electron chi connectivity index (χ1n) is 7.82. The van der Waals surface area contributed by atoms with Crippen LogP contribution in [0.2, 0.25) is 0 Å². The molecule has 0 heterocycles. The predicted molar refractivity (Wildman–Crippen MR) is 91.5 cm³/mol. The third kappa shape index (κ3) is 4.56. The van der Waals surface area contributed by atoms with E-state index in [9.17, 15) is 23.5 Å². The van der Waals surface area contributed by atoms with Crippen molar-refractivity contribution in [2.24, 2.45) is 0 Å². The first kappa shape index (κ1) is 19.4. The highest BCUT2D eigenvalue weighted by Crippen LogP contribution is 2.28. The second-order valence-electron chi connectivity index (χ2n) is 6.01. The number of hydrogen-bond acceptors (Lipinski definition) is 3. The zero-order valence-electron chi connectivity index (χ0n) is 14.3. The number of carboxylic acids is 1. The van der Waals surface area contributed by atoms with Crippen molar-refractivity contribution in [3.05, 3.63) is 65.2 Å². The van der Waals surface area contributed by atoms with Crippen LogP contribution in [0.3, 0.4) is 0 Å². The Morgan fingerprint density at radius 1 is 1.19 bits per heavy atom. The summed E-state index contributed by atoms with van der Waals surface area (Å²) in [6.45, 7) is 1.56. The molecule has 0 fully saturated rings. The first-order chi connectivity index (χ1) is 12.2. The summed E-state index contributed by atoms with van der Waals surface area (Å²) >= 11 is 0. The molecular formula is C19H19F2NO4. The van der Waals surface area contributed by atoms with Crippen LogP contribution in [0.25, 0.3) is 0 Å². The van der Waals surface area contributed by atoms with Crippen LogP contribution in [0.15, 0.2) is 48.5 Å². The van der Waals surface area contributed by atoms with Gasteiger partial charge in [0.25, 0.3) is 12.3 Å². The fourth-order valence-electron chi connectivity index (χ4n) is 2.63. The minimum absolute atomic E-state index is 0.0299. The van der Waals surface area contributed by atoms with Gasteiger partial charge in [-0.15, -0.1) is 0 Å². The van der Waals surface area contributed by atoms with E-state index in [4.69, 9.17) is 4.74 Å².